The summed E-state index contributed by atoms with van der Waals surface area (Å²) in [5, 5.41) is 12.3. The van der Waals surface area contributed by atoms with Crippen molar-refractivity contribution in [2.75, 3.05) is 5.32 Å². The maximum atomic E-state index is 12.2. The monoisotopic (exact) mass is 368 g/mol. The number of benzene rings is 2. The van der Waals surface area contributed by atoms with Crippen molar-refractivity contribution in [3.63, 3.8) is 0 Å². The molecule has 1 amide bonds. The molecule has 2 aromatic rings. The van der Waals surface area contributed by atoms with Gasteiger partial charge < -0.3 is 10.1 Å². The molecule has 0 aromatic heterocycles. The Morgan fingerprint density at radius 2 is 1.87 bits per heavy atom. The SMILES string of the molecule is C[C@H](Oc1cccc(C#N)c1)C(=O)Nc1c(Cl)cc(Cl)cc1Cl. The highest BCUT2D eigenvalue weighted by atomic mass is 35.5. The Morgan fingerprint density at radius 3 is 2.48 bits per heavy atom. The number of carbonyl (C=O) groups is 1. The minimum absolute atomic E-state index is 0.231. The van der Waals surface area contributed by atoms with E-state index in [1.54, 1.807) is 31.2 Å². The number of ether oxygens (including phenoxy) is 1. The molecule has 2 aromatic carbocycles. The zero-order chi connectivity index (χ0) is 17.0. The van der Waals surface area contributed by atoms with Crippen LogP contribution in [0.2, 0.25) is 15.1 Å². The molecule has 0 aliphatic rings. The van der Waals surface area contributed by atoms with Crippen LogP contribution in [0.1, 0.15) is 12.5 Å². The fraction of sp³-hybridized carbons (Fsp3) is 0.125. The van der Waals surface area contributed by atoms with E-state index in [9.17, 15) is 4.79 Å². The molecule has 0 aliphatic carbocycles. The zero-order valence-corrected chi connectivity index (χ0v) is 14.2. The highest BCUT2D eigenvalue weighted by molar-refractivity contribution is 6.42. The molecule has 1 atom stereocenters. The van der Waals surface area contributed by atoms with Gasteiger partial charge in [-0.25, -0.2) is 0 Å². The lowest BCUT2D eigenvalue weighted by atomic mass is 10.2. The number of nitrogens with zero attached hydrogens (tertiary/aromatic N) is 1. The van der Waals surface area contributed by atoms with Crippen LogP contribution in [0.4, 0.5) is 5.69 Å². The van der Waals surface area contributed by atoms with E-state index in [0.717, 1.165) is 0 Å². The van der Waals surface area contributed by atoms with E-state index in [-0.39, 0.29) is 15.7 Å². The summed E-state index contributed by atoms with van der Waals surface area (Å²) in [5.74, 6) is -0.0153. The topological polar surface area (TPSA) is 62.1 Å². The van der Waals surface area contributed by atoms with Crippen molar-refractivity contribution in [1.82, 2.24) is 0 Å². The van der Waals surface area contributed by atoms with E-state index in [0.29, 0.717) is 16.3 Å². The number of halogens is 3. The molecule has 4 nitrogen and oxygen atoms in total. The van der Waals surface area contributed by atoms with E-state index >= 15 is 0 Å². The second kappa shape index (κ2) is 7.56. The average molecular weight is 370 g/mol. The predicted molar refractivity (Wildman–Crippen MR) is 91.3 cm³/mol. The average Bonchev–Trinajstić information content (AvgIpc) is 2.50. The van der Waals surface area contributed by atoms with Gasteiger partial charge in [-0.15, -0.1) is 0 Å². The number of hydrogen-bond acceptors (Lipinski definition) is 3. The lowest BCUT2D eigenvalue weighted by Crippen LogP contribution is -2.30. The maximum absolute atomic E-state index is 12.2. The molecule has 7 heteroatoms. The third-order valence-electron chi connectivity index (χ3n) is 2.90. The van der Waals surface area contributed by atoms with Gasteiger partial charge in [0.2, 0.25) is 0 Å². The van der Waals surface area contributed by atoms with Gasteiger partial charge in [-0.1, -0.05) is 40.9 Å². The van der Waals surface area contributed by atoms with E-state index < -0.39 is 12.0 Å². The summed E-state index contributed by atoms with van der Waals surface area (Å²) in [7, 11) is 0. The van der Waals surface area contributed by atoms with Crippen LogP contribution in [0, 0.1) is 11.3 Å². The first-order chi connectivity index (χ1) is 10.9. The number of nitriles is 1. The van der Waals surface area contributed by atoms with Crippen molar-refractivity contribution in [2.45, 2.75) is 13.0 Å². The van der Waals surface area contributed by atoms with Gasteiger partial charge in [-0.3, -0.25) is 4.79 Å². The van der Waals surface area contributed by atoms with E-state index in [2.05, 4.69) is 5.32 Å². The van der Waals surface area contributed by atoms with Crippen LogP contribution >= 0.6 is 34.8 Å². The quantitative estimate of drug-likeness (QED) is 0.831. The molecule has 0 unspecified atom stereocenters. The summed E-state index contributed by atoms with van der Waals surface area (Å²) in [5.41, 5.74) is 0.711. The van der Waals surface area contributed by atoms with Gasteiger partial charge in [0.05, 0.1) is 27.4 Å². The molecule has 0 saturated heterocycles. The summed E-state index contributed by atoms with van der Waals surface area (Å²) in [4.78, 5) is 12.2. The highest BCUT2D eigenvalue weighted by Crippen LogP contribution is 2.33. The fourth-order valence-corrected chi connectivity index (χ4v) is 2.69. The molecule has 118 valence electrons. The van der Waals surface area contributed by atoms with Crippen molar-refractivity contribution in [2.24, 2.45) is 0 Å². The summed E-state index contributed by atoms with van der Waals surface area (Å²) in [6.45, 7) is 1.58. The Kier molecular flexibility index (Phi) is 5.73. The molecule has 0 aliphatic heterocycles. The molecule has 0 saturated carbocycles. The smallest absolute Gasteiger partial charge is 0.265 e. The molecule has 0 fully saturated rings. The van der Waals surface area contributed by atoms with Crippen LogP contribution in [0.5, 0.6) is 5.75 Å². The Labute approximate surface area is 148 Å². The van der Waals surface area contributed by atoms with Crippen molar-refractivity contribution in [1.29, 1.82) is 5.26 Å². The summed E-state index contributed by atoms with van der Waals surface area (Å²) < 4.78 is 5.52. The number of amides is 1. The molecule has 2 rings (SSSR count). The first-order valence-corrected chi connectivity index (χ1v) is 7.66. The van der Waals surface area contributed by atoms with Gasteiger partial charge in [0.25, 0.3) is 5.91 Å². The molecule has 23 heavy (non-hydrogen) atoms. The first-order valence-electron chi connectivity index (χ1n) is 6.53. The number of nitrogens with one attached hydrogen (secondary N) is 1. The van der Waals surface area contributed by atoms with Crippen molar-refractivity contribution >= 4 is 46.4 Å². The second-order valence-electron chi connectivity index (χ2n) is 4.63. The predicted octanol–water partition coefficient (Wildman–Crippen LogP) is 4.92. The number of hydrogen-bond donors (Lipinski definition) is 1. The second-order valence-corrected chi connectivity index (χ2v) is 5.88. The Morgan fingerprint density at radius 1 is 1.22 bits per heavy atom. The maximum Gasteiger partial charge on any atom is 0.265 e. The van der Waals surface area contributed by atoms with Crippen molar-refractivity contribution < 1.29 is 9.53 Å². The molecular weight excluding hydrogens is 359 g/mol. The number of anilines is 1. The highest BCUT2D eigenvalue weighted by Gasteiger charge is 2.18. The summed E-state index contributed by atoms with van der Waals surface area (Å²) >= 11 is 17.9. The lowest BCUT2D eigenvalue weighted by molar-refractivity contribution is -0.122. The van der Waals surface area contributed by atoms with Crippen LogP contribution in [-0.4, -0.2) is 12.0 Å². The summed E-state index contributed by atoms with van der Waals surface area (Å²) in [6, 6.07) is 11.5. The van der Waals surface area contributed by atoms with Gasteiger partial charge in [-0.2, -0.15) is 5.26 Å². The van der Waals surface area contributed by atoms with Crippen LogP contribution in [0.3, 0.4) is 0 Å². The minimum Gasteiger partial charge on any atom is -0.481 e. The molecule has 0 spiro atoms. The number of carbonyl (C=O) groups excluding carboxylic acids is 1. The van der Waals surface area contributed by atoms with Crippen molar-refractivity contribution in [3.05, 3.63) is 57.0 Å². The van der Waals surface area contributed by atoms with Gasteiger partial charge in [0.15, 0.2) is 6.10 Å². The van der Waals surface area contributed by atoms with Gasteiger partial charge in [0.1, 0.15) is 5.75 Å². The lowest BCUT2D eigenvalue weighted by Gasteiger charge is -2.16. The van der Waals surface area contributed by atoms with Crippen molar-refractivity contribution in [3.8, 4) is 11.8 Å². The van der Waals surface area contributed by atoms with Crippen LogP contribution < -0.4 is 10.1 Å². The van der Waals surface area contributed by atoms with Crippen LogP contribution in [0.25, 0.3) is 0 Å². The van der Waals surface area contributed by atoms with Gasteiger partial charge in [-0.05, 0) is 37.3 Å². The minimum atomic E-state index is -0.813. The Balaban J connectivity index is 2.10. The molecule has 0 heterocycles. The number of rotatable bonds is 4. The Hall–Kier alpha value is -1.93. The van der Waals surface area contributed by atoms with E-state index in [4.69, 9.17) is 44.8 Å². The van der Waals surface area contributed by atoms with Crippen LogP contribution in [0.15, 0.2) is 36.4 Å². The largest absolute Gasteiger partial charge is 0.481 e. The summed E-state index contributed by atoms with van der Waals surface area (Å²) in [6.07, 6.45) is -0.813. The third kappa shape index (κ3) is 4.52. The normalized spacial score (nSPS) is 11.4. The zero-order valence-electron chi connectivity index (χ0n) is 11.9. The van der Waals surface area contributed by atoms with E-state index in [1.807, 2.05) is 6.07 Å². The Bertz CT molecular complexity index is 764. The van der Waals surface area contributed by atoms with Crippen LogP contribution in [-0.2, 0) is 4.79 Å². The molecule has 0 radical (unpaired) electrons. The molecule has 1 N–H and O–H groups in total. The fourth-order valence-electron chi connectivity index (χ4n) is 1.78. The third-order valence-corrected chi connectivity index (χ3v) is 3.71. The van der Waals surface area contributed by atoms with E-state index in [1.165, 1.54) is 12.1 Å². The first kappa shape index (κ1) is 17.4. The van der Waals surface area contributed by atoms with Gasteiger partial charge in [0, 0.05) is 5.02 Å². The standard InChI is InChI=1S/C16H11Cl3N2O2/c1-9(23-12-4-2-3-10(5-12)8-20)16(22)21-15-13(18)6-11(17)7-14(15)19/h2-7,9H,1H3,(H,21,22)/t9-/m0/s1. The molecular formula is C16H11Cl3N2O2. The van der Waals surface area contributed by atoms with Gasteiger partial charge >= 0.3 is 0 Å². The molecule has 0 bridgehead atoms.